The van der Waals surface area contributed by atoms with Gasteiger partial charge in [-0.25, -0.2) is 4.98 Å². The number of fused-ring (bicyclic) bond motifs is 1. The van der Waals surface area contributed by atoms with Gasteiger partial charge in [0.1, 0.15) is 11.4 Å². The number of hydrogen-bond acceptors (Lipinski definition) is 5. The van der Waals surface area contributed by atoms with Gasteiger partial charge in [-0.3, -0.25) is 14.2 Å². The molecule has 114 valence electrons. The van der Waals surface area contributed by atoms with Crippen LogP contribution in [0.15, 0.2) is 46.8 Å². The van der Waals surface area contributed by atoms with E-state index in [1.54, 1.807) is 35.7 Å². The molecule has 1 aromatic carbocycles. The van der Waals surface area contributed by atoms with E-state index in [-0.39, 0.29) is 18.0 Å². The molecule has 1 amide bonds. The fraction of sp³-hybridized carbons (Fsp3) is 0.125. The maximum atomic E-state index is 12.2. The van der Waals surface area contributed by atoms with Crippen LogP contribution in [0.25, 0.3) is 10.2 Å². The Morgan fingerprint density at radius 1 is 1.30 bits per heavy atom. The Hall–Kier alpha value is -2.98. The maximum Gasteiger partial charge on any atom is 0.262 e. The molecule has 0 atom stereocenters. The summed E-state index contributed by atoms with van der Waals surface area (Å²) in [5, 5.41) is 13.7. The molecule has 2 heterocycles. The third kappa shape index (κ3) is 3.27. The van der Waals surface area contributed by atoms with E-state index in [1.165, 1.54) is 22.2 Å². The van der Waals surface area contributed by atoms with Crippen molar-refractivity contribution in [2.45, 2.75) is 13.0 Å². The molecule has 3 aromatic rings. The lowest BCUT2D eigenvalue weighted by atomic mass is 10.1. The smallest absolute Gasteiger partial charge is 0.262 e. The molecule has 0 unspecified atom stereocenters. The summed E-state index contributed by atoms with van der Waals surface area (Å²) in [4.78, 5) is 29.1. The van der Waals surface area contributed by atoms with E-state index in [4.69, 9.17) is 5.26 Å². The van der Waals surface area contributed by atoms with Crippen LogP contribution in [-0.2, 0) is 17.8 Å². The zero-order valence-corrected chi connectivity index (χ0v) is 12.8. The summed E-state index contributed by atoms with van der Waals surface area (Å²) in [7, 11) is 0. The molecule has 6 nitrogen and oxygen atoms in total. The molecule has 0 saturated carbocycles. The van der Waals surface area contributed by atoms with Crippen LogP contribution in [-0.4, -0.2) is 15.5 Å². The Kier molecular flexibility index (Phi) is 4.17. The third-order valence-electron chi connectivity index (χ3n) is 3.29. The van der Waals surface area contributed by atoms with Gasteiger partial charge in [0.05, 0.1) is 24.2 Å². The number of carbonyl (C=O) groups excluding carboxylic acids is 1. The summed E-state index contributed by atoms with van der Waals surface area (Å²) >= 11 is 1.39. The highest BCUT2D eigenvalue weighted by atomic mass is 32.1. The van der Waals surface area contributed by atoms with Gasteiger partial charge in [0, 0.05) is 5.69 Å². The van der Waals surface area contributed by atoms with E-state index in [2.05, 4.69) is 16.4 Å². The molecular formula is C16H12N4O2S. The number of nitrogens with zero attached hydrogens (tertiary/aromatic N) is 3. The first-order valence-electron chi connectivity index (χ1n) is 6.86. The van der Waals surface area contributed by atoms with Crippen molar-refractivity contribution in [3.05, 3.63) is 58.0 Å². The second-order valence-corrected chi connectivity index (χ2v) is 5.79. The zero-order valence-electron chi connectivity index (χ0n) is 12.0. The first kappa shape index (κ1) is 14.9. The number of anilines is 1. The second kappa shape index (κ2) is 6.42. The highest BCUT2D eigenvalue weighted by Crippen LogP contribution is 2.13. The van der Waals surface area contributed by atoms with Gasteiger partial charge in [-0.1, -0.05) is 12.1 Å². The molecule has 0 aliphatic rings. The number of rotatable bonds is 4. The van der Waals surface area contributed by atoms with E-state index in [9.17, 15) is 9.59 Å². The van der Waals surface area contributed by atoms with Crippen LogP contribution in [0.3, 0.4) is 0 Å². The largest absolute Gasteiger partial charge is 0.325 e. The van der Waals surface area contributed by atoms with Gasteiger partial charge in [0.2, 0.25) is 5.91 Å². The zero-order chi connectivity index (χ0) is 16.2. The summed E-state index contributed by atoms with van der Waals surface area (Å²) in [6, 6.07) is 10.8. The fourth-order valence-electron chi connectivity index (χ4n) is 2.16. The van der Waals surface area contributed by atoms with Crippen LogP contribution in [0.4, 0.5) is 5.69 Å². The lowest BCUT2D eigenvalue weighted by molar-refractivity contribution is -0.116. The number of thiophene rings is 1. The van der Waals surface area contributed by atoms with E-state index < -0.39 is 0 Å². The Labute approximate surface area is 135 Å². The molecule has 0 spiro atoms. The number of amides is 1. The monoisotopic (exact) mass is 324 g/mol. The molecule has 0 radical (unpaired) electrons. The number of benzene rings is 1. The van der Waals surface area contributed by atoms with E-state index >= 15 is 0 Å². The topological polar surface area (TPSA) is 87.8 Å². The Morgan fingerprint density at radius 3 is 2.83 bits per heavy atom. The average Bonchev–Trinajstić information content (AvgIpc) is 3.02. The normalized spacial score (nSPS) is 10.4. The molecule has 0 aliphatic heterocycles. The van der Waals surface area contributed by atoms with Gasteiger partial charge in [-0.2, -0.15) is 5.26 Å². The van der Waals surface area contributed by atoms with Gasteiger partial charge in [-0.15, -0.1) is 11.3 Å². The van der Waals surface area contributed by atoms with Crippen molar-refractivity contribution in [3.63, 3.8) is 0 Å². The first-order valence-corrected chi connectivity index (χ1v) is 7.74. The van der Waals surface area contributed by atoms with Crippen molar-refractivity contribution in [1.82, 2.24) is 9.55 Å². The highest BCUT2D eigenvalue weighted by Gasteiger charge is 2.09. The lowest BCUT2D eigenvalue weighted by Crippen LogP contribution is -2.27. The van der Waals surface area contributed by atoms with Gasteiger partial charge in [0.15, 0.2) is 0 Å². The first-order chi connectivity index (χ1) is 11.2. The van der Waals surface area contributed by atoms with E-state index in [0.717, 1.165) is 5.56 Å². The number of nitriles is 1. The van der Waals surface area contributed by atoms with Crippen LogP contribution in [0, 0.1) is 11.3 Å². The summed E-state index contributed by atoms with van der Waals surface area (Å²) in [6.07, 6.45) is 1.71. The van der Waals surface area contributed by atoms with Gasteiger partial charge < -0.3 is 5.32 Å². The van der Waals surface area contributed by atoms with Crippen molar-refractivity contribution in [1.29, 1.82) is 5.26 Å². The number of carbonyl (C=O) groups is 1. The number of hydrogen-bond donors (Lipinski definition) is 1. The molecule has 1 N–H and O–H groups in total. The molecule has 0 saturated heterocycles. The van der Waals surface area contributed by atoms with Crippen LogP contribution < -0.4 is 10.9 Å². The second-order valence-electron chi connectivity index (χ2n) is 4.90. The molecule has 7 heteroatoms. The minimum atomic E-state index is -0.309. The number of aromatic nitrogens is 2. The standard InChI is InChI=1S/C16H12N4O2S/c17-7-5-11-1-3-12(4-2-11)19-14(21)9-20-10-18-15-13(16(20)22)6-8-23-15/h1-4,6,8,10H,5,9H2,(H,19,21). The minimum absolute atomic E-state index is 0.0996. The Balaban J connectivity index is 1.72. The van der Waals surface area contributed by atoms with Crippen molar-refractivity contribution < 1.29 is 4.79 Å². The third-order valence-corrected chi connectivity index (χ3v) is 4.11. The van der Waals surface area contributed by atoms with E-state index in [1.807, 2.05) is 0 Å². The summed E-state index contributed by atoms with van der Waals surface area (Å²) in [6.45, 7) is -0.0996. The minimum Gasteiger partial charge on any atom is -0.325 e. The van der Waals surface area contributed by atoms with Gasteiger partial charge in [-0.05, 0) is 29.1 Å². The number of nitrogens with one attached hydrogen (secondary N) is 1. The van der Waals surface area contributed by atoms with Crippen LogP contribution in [0.2, 0.25) is 0 Å². The van der Waals surface area contributed by atoms with Crippen molar-refractivity contribution in [3.8, 4) is 6.07 Å². The lowest BCUT2D eigenvalue weighted by Gasteiger charge is -2.07. The summed E-state index contributed by atoms with van der Waals surface area (Å²) < 4.78 is 1.29. The van der Waals surface area contributed by atoms with Crippen LogP contribution >= 0.6 is 11.3 Å². The molecular weight excluding hydrogens is 312 g/mol. The average molecular weight is 324 g/mol. The van der Waals surface area contributed by atoms with Crippen molar-refractivity contribution in [2.75, 3.05) is 5.32 Å². The molecule has 23 heavy (non-hydrogen) atoms. The summed E-state index contributed by atoms with van der Waals surface area (Å²) in [5.74, 6) is -0.309. The predicted molar refractivity (Wildman–Crippen MR) is 88.3 cm³/mol. The van der Waals surface area contributed by atoms with Crippen molar-refractivity contribution >= 4 is 33.1 Å². The summed E-state index contributed by atoms with van der Waals surface area (Å²) in [5.41, 5.74) is 1.28. The quantitative estimate of drug-likeness (QED) is 0.796. The van der Waals surface area contributed by atoms with Crippen LogP contribution in [0.1, 0.15) is 5.56 Å². The predicted octanol–water partition coefficient (Wildman–Crippen LogP) is 2.16. The van der Waals surface area contributed by atoms with Gasteiger partial charge in [0.25, 0.3) is 5.56 Å². The maximum absolute atomic E-state index is 12.2. The SMILES string of the molecule is N#CCc1ccc(NC(=O)Cn2cnc3sccc3c2=O)cc1. The highest BCUT2D eigenvalue weighted by molar-refractivity contribution is 7.16. The van der Waals surface area contributed by atoms with E-state index in [0.29, 0.717) is 22.3 Å². The molecule has 0 aliphatic carbocycles. The molecule has 0 bridgehead atoms. The van der Waals surface area contributed by atoms with Gasteiger partial charge >= 0.3 is 0 Å². The Bertz CT molecular complexity index is 951. The molecule has 0 fully saturated rings. The molecule has 2 aromatic heterocycles. The van der Waals surface area contributed by atoms with Crippen molar-refractivity contribution in [2.24, 2.45) is 0 Å². The van der Waals surface area contributed by atoms with Crippen LogP contribution in [0.5, 0.6) is 0 Å². The fourth-order valence-corrected chi connectivity index (χ4v) is 2.88. The Morgan fingerprint density at radius 2 is 2.09 bits per heavy atom. The molecule has 3 rings (SSSR count).